The summed E-state index contributed by atoms with van der Waals surface area (Å²) in [6, 6.07) is 4.03. The molecule has 1 aromatic rings. The lowest BCUT2D eigenvalue weighted by molar-refractivity contribution is -0.121. The van der Waals surface area contributed by atoms with Crippen LogP contribution in [0, 0.1) is 11.6 Å². The molecule has 1 aliphatic heterocycles. The van der Waals surface area contributed by atoms with Crippen LogP contribution in [0.15, 0.2) is 18.2 Å². The number of nitrogens with one attached hydrogen (secondary N) is 1. The lowest BCUT2D eigenvalue weighted by Crippen LogP contribution is -2.46. The van der Waals surface area contributed by atoms with E-state index in [2.05, 4.69) is 5.32 Å². The number of hydrogen-bond donors (Lipinski definition) is 2. The minimum absolute atomic E-state index is 0.0786. The third-order valence-corrected chi connectivity index (χ3v) is 4.08. The fourth-order valence-electron chi connectivity index (χ4n) is 2.84. The Kier molecular flexibility index (Phi) is 6.27. The second-order valence-electron chi connectivity index (χ2n) is 5.66. The number of rotatable bonds is 6. The Balaban J connectivity index is 1.99. The monoisotopic (exact) mass is 311 g/mol. The number of carbonyl (C=O) groups is 1. The summed E-state index contributed by atoms with van der Waals surface area (Å²) >= 11 is 0. The summed E-state index contributed by atoms with van der Waals surface area (Å²) in [5, 5.41) is 2.85. The maximum absolute atomic E-state index is 13.8. The highest BCUT2D eigenvalue weighted by Gasteiger charge is 2.24. The predicted molar refractivity (Wildman–Crippen MR) is 81.1 cm³/mol. The van der Waals surface area contributed by atoms with Crippen LogP contribution in [-0.4, -0.2) is 36.5 Å². The van der Waals surface area contributed by atoms with Crippen molar-refractivity contribution in [2.75, 3.05) is 19.6 Å². The van der Waals surface area contributed by atoms with Gasteiger partial charge in [-0.25, -0.2) is 8.78 Å². The first-order valence-corrected chi connectivity index (χ1v) is 7.75. The molecule has 0 aliphatic carbocycles. The fourth-order valence-corrected chi connectivity index (χ4v) is 2.84. The second kappa shape index (κ2) is 8.19. The number of halogens is 2. The Labute approximate surface area is 129 Å². The lowest BCUT2D eigenvalue weighted by atomic mass is 10.0. The molecule has 0 spiro atoms. The number of nitrogens with two attached hydrogens (primary N) is 1. The SMILES string of the molecule is NCCC(=O)NCC1CCCCN1Cc1c(F)cccc1F. The number of amides is 1. The summed E-state index contributed by atoms with van der Waals surface area (Å²) in [7, 11) is 0. The number of nitrogens with zero attached hydrogens (tertiary/aromatic N) is 1. The minimum atomic E-state index is -0.517. The Morgan fingerprint density at radius 3 is 2.73 bits per heavy atom. The fraction of sp³-hybridized carbons (Fsp3) is 0.562. The summed E-state index contributed by atoms with van der Waals surface area (Å²) in [6.45, 7) is 1.83. The van der Waals surface area contributed by atoms with Gasteiger partial charge in [-0.15, -0.1) is 0 Å². The van der Waals surface area contributed by atoms with Crippen LogP contribution in [0.1, 0.15) is 31.2 Å². The van der Waals surface area contributed by atoms with Gasteiger partial charge in [0.15, 0.2) is 0 Å². The van der Waals surface area contributed by atoms with Gasteiger partial charge in [-0.05, 0) is 31.5 Å². The molecular weight excluding hydrogens is 288 g/mol. The minimum Gasteiger partial charge on any atom is -0.354 e. The number of hydrogen-bond acceptors (Lipinski definition) is 3. The largest absolute Gasteiger partial charge is 0.354 e. The number of likely N-dealkylation sites (tertiary alicyclic amines) is 1. The highest BCUT2D eigenvalue weighted by molar-refractivity contribution is 5.76. The number of benzene rings is 1. The van der Waals surface area contributed by atoms with Crippen molar-refractivity contribution in [2.24, 2.45) is 5.73 Å². The van der Waals surface area contributed by atoms with Crippen molar-refractivity contribution in [3.63, 3.8) is 0 Å². The van der Waals surface area contributed by atoms with Crippen LogP contribution in [0.25, 0.3) is 0 Å². The van der Waals surface area contributed by atoms with E-state index in [-0.39, 0.29) is 24.1 Å². The van der Waals surface area contributed by atoms with Gasteiger partial charge in [0.05, 0.1) is 0 Å². The average Bonchev–Trinajstić information content (AvgIpc) is 2.50. The first kappa shape index (κ1) is 16.8. The number of carbonyl (C=O) groups excluding carboxylic acids is 1. The normalized spacial score (nSPS) is 19.1. The molecule has 0 aromatic heterocycles. The van der Waals surface area contributed by atoms with Crippen LogP contribution in [0.5, 0.6) is 0 Å². The van der Waals surface area contributed by atoms with Gasteiger partial charge in [0.2, 0.25) is 5.91 Å². The maximum atomic E-state index is 13.8. The average molecular weight is 311 g/mol. The molecule has 22 heavy (non-hydrogen) atoms. The van der Waals surface area contributed by atoms with E-state index in [0.717, 1.165) is 25.8 Å². The van der Waals surface area contributed by atoms with E-state index in [1.165, 1.54) is 18.2 Å². The zero-order chi connectivity index (χ0) is 15.9. The van der Waals surface area contributed by atoms with E-state index in [0.29, 0.717) is 19.5 Å². The van der Waals surface area contributed by atoms with E-state index in [1.54, 1.807) is 0 Å². The van der Waals surface area contributed by atoms with Crippen molar-refractivity contribution < 1.29 is 13.6 Å². The quantitative estimate of drug-likeness (QED) is 0.842. The molecule has 1 aliphatic rings. The van der Waals surface area contributed by atoms with Crippen LogP contribution >= 0.6 is 0 Å². The Morgan fingerprint density at radius 2 is 2.05 bits per heavy atom. The van der Waals surface area contributed by atoms with Gasteiger partial charge in [0.1, 0.15) is 11.6 Å². The molecule has 0 bridgehead atoms. The molecule has 1 heterocycles. The molecule has 1 fully saturated rings. The Morgan fingerprint density at radius 1 is 1.32 bits per heavy atom. The summed E-state index contributed by atoms with van der Waals surface area (Å²) < 4.78 is 27.6. The van der Waals surface area contributed by atoms with Crippen LogP contribution in [0.3, 0.4) is 0 Å². The summed E-state index contributed by atoms with van der Waals surface area (Å²) in [6.07, 6.45) is 3.28. The van der Waals surface area contributed by atoms with Crippen molar-refractivity contribution in [1.82, 2.24) is 10.2 Å². The molecule has 1 amide bonds. The van der Waals surface area contributed by atoms with Crippen LogP contribution < -0.4 is 11.1 Å². The van der Waals surface area contributed by atoms with Gasteiger partial charge in [-0.3, -0.25) is 9.69 Å². The van der Waals surface area contributed by atoms with Crippen molar-refractivity contribution in [1.29, 1.82) is 0 Å². The highest BCUT2D eigenvalue weighted by Crippen LogP contribution is 2.22. The molecule has 0 radical (unpaired) electrons. The van der Waals surface area contributed by atoms with E-state index in [4.69, 9.17) is 5.73 Å². The summed E-state index contributed by atoms with van der Waals surface area (Å²) in [5.41, 5.74) is 5.45. The standard InChI is InChI=1S/C16H23F2N3O/c17-14-5-3-6-15(18)13(14)11-21-9-2-1-4-12(21)10-20-16(22)7-8-19/h3,5-6,12H,1-2,4,7-11,19H2,(H,20,22). The molecule has 3 N–H and O–H groups in total. The first-order chi connectivity index (χ1) is 10.6. The molecular formula is C16H23F2N3O. The third-order valence-electron chi connectivity index (χ3n) is 4.08. The van der Waals surface area contributed by atoms with E-state index >= 15 is 0 Å². The van der Waals surface area contributed by atoms with Crippen LogP contribution in [0.2, 0.25) is 0 Å². The van der Waals surface area contributed by atoms with Crippen LogP contribution in [-0.2, 0) is 11.3 Å². The van der Waals surface area contributed by atoms with E-state index in [1.807, 2.05) is 4.90 Å². The maximum Gasteiger partial charge on any atom is 0.221 e. The molecule has 4 nitrogen and oxygen atoms in total. The van der Waals surface area contributed by atoms with Crippen molar-refractivity contribution in [2.45, 2.75) is 38.3 Å². The molecule has 2 rings (SSSR count). The van der Waals surface area contributed by atoms with Gasteiger partial charge >= 0.3 is 0 Å². The van der Waals surface area contributed by atoms with E-state index in [9.17, 15) is 13.6 Å². The number of piperidine rings is 1. The molecule has 1 unspecified atom stereocenters. The highest BCUT2D eigenvalue weighted by atomic mass is 19.1. The van der Waals surface area contributed by atoms with E-state index < -0.39 is 11.6 Å². The zero-order valence-electron chi connectivity index (χ0n) is 12.7. The van der Waals surface area contributed by atoms with Gasteiger partial charge in [-0.1, -0.05) is 12.5 Å². The van der Waals surface area contributed by atoms with Gasteiger partial charge in [0, 0.05) is 37.7 Å². The molecule has 0 saturated carbocycles. The van der Waals surface area contributed by atoms with Gasteiger partial charge in [0.25, 0.3) is 0 Å². The van der Waals surface area contributed by atoms with Gasteiger partial charge in [-0.2, -0.15) is 0 Å². The van der Waals surface area contributed by atoms with Crippen molar-refractivity contribution >= 4 is 5.91 Å². The molecule has 1 saturated heterocycles. The second-order valence-corrected chi connectivity index (χ2v) is 5.66. The summed E-state index contributed by atoms with van der Waals surface area (Å²) in [5.74, 6) is -1.11. The molecule has 1 aromatic carbocycles. The van der Waals surface area contributed by atoms with Crippen LogP contribution in [0.4, 0.5) is 8.78 Å². The first-order valence-electron chi connectivity index (χ1n) is 7.75. The molecule has 122 valence electrons. The van der Waals surface area contributed by atoms with Crippen molar-refractivity contribution in [3.8, 4) is 0 Å². The Hall–Kier alpha value is -1.53. The molecule has 1 atom stereocenters. The Bertz CT molecular complexity index is 490. The predicted octanol–water partition coefficient (Wildman–Crippen LogP) is 1.78. The third kappa shape index (κ3) is 4.48. The topological polar surface area (TPSA) is 58.4 Å². The van der Waals surface area contributed by atoms with Crippen molar-refractivity contribution in [3.05, 3.63) is 35.4 Å². The smallest absolute Gasteiger partial charge is 0.221 e. The lowest BCUT2D eigenvalue weighted by Gasteiger charge is -2.36. The van der Waals surface area contributed by atoms with Gasteiger partial charge < -0.3 is 11.1 Å². The zero-order valence-corrected chi connectivity index (χ0v) is 12.7. The summed E-state index contributed by atoms with van der Waals surface area (Å²) in [4.78, 5) is 13.6. The molecule has 6 heteroatoms.